The fourth-order valence-electron chi connectivity index (χ4n) is 1.78. The van der Waals surface area contributed by atoms with E-state index < -0.39 is 5.97 Å². The highest BCUT2D eigenvalue weighted by Crippen LogP contribution is 2.11. The lowest BCUT2D eigenvalue weighted by Crippen LogP contribution is -2.08. The van der Waals surface area contributed by atoms with Crippen LogP contribution >= 0.6 is 11.6 Å². The van der Waals surface area contributed by atoms with Gasteiger partial charge in [-0.15, -0.1) is 0 Å². The van der Waals surface area contributed by atoms with Crippen LogP contribution in [0.3, 0.4) is 0 Å². The maximum atomic E-state index is 10.9. The molecule has 1 heterocycles. The number of carboxylic acid groups (broad SMARTS) is 1. The molecule has 0 aliphatic carbocycles. The monoisotopic (exact) mass is 264 g/mol. The minimum atomic E-state index is -0.945. The molecule has 0 aliphatic rings. The van der Waals surface area contributed by atoms with Crippen LogP contribution in [-0.4, -0.2) is 20.6 Å². The normalized spacial score (nSPS) is 10.5. The van der Waals surface area contributed by atoms with Gasteiger partial charge >= 0.3 is 5.97 Å². The number of aromatic nitrogens is 2. The predicted octanol–water partition coefficient (Wildman–Crippen LogP) is 2.87. The molecule has 0 spiro atoms. The van der Waals surface area contributed by atoms with Crippen LogP contribution in [0.15, 0.2) is 36.8 Å². The van der Waals surface area contributed by atoms with E-state index in [4.69, 9.17) is 16.7 Å². The Balaban J connectivity index is 1.90. The van der Waals surface area contributed by atoms with Crippen LogP contribution in [0.5, 0.6) is 0 Å². The Hall–Kier alpha value is -1.81. The minimum absolute atomic E-state index is 0.228. The third-order valence-electron chi connectivity index (χ3n) is 2.71. The van der Waals surface area contributed by atoms with Gasteiger partial charge in [0.1, 0.15) is 5.69 Å². The molecule has 2 aromatic rings. The van der Waals surface area contributed by atoms with Crippen molar-refractivity contribution in [3.8, 4) is 0 Å². The Morgan fingerprint density at radius 3 is 2.72 bits per heavy atom. The molecular formula is C13H13ClN2O2. The summed E-state index contributed by atoms with van der Waals surface area (Å²) in [5.41, 5.74) is 1.42. The first kappa shape index (κ1) is 12.6. The Bertz CT molecular complexity index is 534. The predicted molar refractivity (Wildman–Crippen MR) is 69.0 cm³/mol. The molecule has 0 saturated heterocycles. The standard InChI is InChI=1S/C13H13ClN2O2/c14-11-5-3-10(4-6-11)2-1-7-16-9-15-8-12(16)13(17)18/h3-6,8-9H,1-2,7H2,(H,17,18). The average molecular weight is 265 g/mol. The summed E-state index contributed by atoms with van der Waals surface area (Å²) in [7, 11) is 0. The summed E-state index contributed by atoms with van der Waals surface area (Å²) in [4.78, 5) is 14.7. The van der Waals surface area contributed by atoms with Gasteiger partial charge in [-0.3, -0.25) is 0 Å². The molecule has 2 rings (SSSR count). The lowest BCUT2D eigenvalue weighted by atomic mass is 10.1. The second-order valence-corrected chi connectivity index (χ2v) is 4.44. The topological polar surface area (TPSA) is 55.1 Å². The first-order chi connectivity index (χ1) is 8.66. The van der Waals surface area contributed by atoms with Gasteiger partial charge in [0.25, 0.3) is 0 Å². The first-order valence-electron chi connectivity index (χ1n) is 5.64. The van der Waals surface area contributed by atoms with Crippen LogP contribution < -0.4 is 0 Å². The van der Waals surface area contributed by atoms with Crippen LogP contribution in [0.4, 0.5) is 0 Å². The van der Waals surface area contributed by atoms with E-state index in [0.717, 1.165) is 17.9 Å². The van der Waals surface area contributed by atoms with E-state index in [2.05, 4.69) is 4.98 Å². The van der Waals surface area contributed by atoms with Gasteiger partial charge in [0, 0.05) is 11.6 Å². The molecule has 4 nitrogen and oxygen atoms in total. The van der Waals surface area contributed by atoms with Crippen molar-refractivity contribution in [2.24, 2.45) is 0 Å². The zero-order valence-electron chi connectivity index (χ0n) is 9.71. The third kappa shape index (κ3) is 3.11. The van der Waals surface area contributed by atoms with E-state index in [1.54, 1.807) is 10.9 Å². The SMILES string of the molecule is O=C(O)c1cncn1CCCc1ccc(Cl)cc1. The quantitative estimate of drug-likeness (QED) is 0.903. The third-order valence-corrected chi connectivity index (χ3v) is 2.96. The van der Waals surface area contributed by atoms with Gasteiger partial charge in [-0.25, -0.2) is 9.78 Å². The van der Waals surface area contributed by atoms with Gasteiger partial charge in [0.05, 0.1) is 12.5 Å². The molecule has 0 bridgehead atoms. The summed E-state index contributed by atoms with van der Waals surface area (Å²) in [6, 6.07) is 7.68. The summed E-state index contributed by atoms with van der Waals surface area (Å²) in [6.45, 7) is 0.643. The van der Waals surface area contributed by atoms with Crippen LogP contribution in [-0.2, 0) is 13.0 Å². The number of hydrogen-bond donors (Lipinski definition) is 1. The number of rotatable bonds is 5. The average Bonchev–Trinajstić information content (AvgIpc) is 2.80. The van der Waals surface area contributed by atoms with E-state index in [0.29, 0.717) is 6.54 Å². The Kier molecular flexibility index (Phi) is 3.99. The molecule has 0 atom stereocenters. The van der Waals surface area contributed by atoms with E-state index in [1.807, 2.05) is 24.3 Å². The van der Waals surface area contributed by atoms with E-state index in [1.165, 1.54) is 11.8 Å². The molecule has 5 heteroatoms. The van der Waals surface area contributed by atoms with Gasteiger partial charge in [0.15, 0.2) is 0 Å². The summed E-state index contributed by atoms with van der Waals surface area (Å²) in [5, 5.41) is 9.65. The molecule has 0 unspecified atom stereocenters. The number of hydrogen-bond acceptors (Lipinski definition) is 2. The summed E-state index contributed by atoms with van der Waals surface area (Å²) in [5.74, 6) is -0.945. The smallest absolute Gasteiger partial charge is 0.354 e. The van der Waals surface area contributed by atoms with Crippen molar-refractivity contribution in [1.29, 1.82) is 0 Å². The highest BCUT2D eigenvalue weighted by atomic mass is 35.5. The van der Waals surface area contributed by atoms with E-state index in [-0.39, 0.29) is 5.69 Å². The highest BCUT2D eigenvalue weighted by Gasteiger charge is 2.08. The molecule has 0 aliphatic heterocycles. The fraction of sp³-hybridized carbons (Fsp3) is 0.231. The number of aromatic carboxylic acids is 1. The molecule has 1 aromatic carbocycles. The van der Waals surface area contributed by atoms with Crippen LogP contribution in [0.1, 0.15) is 22.5 Å². The van der Waals surface area contributed by atoms with Gasteiger partial charge in [-0.1, -0.05) is 23.7 Å². The molecule has 0 saturated carbocycles. The highest BCUT2D eigenvalue weighted by molar-refractivity contribution is 6.30. The largest absolute Gasteiger partial charge is 0.477 e. The maximum Gasteiger partial charge on any atom is 0.354 e. The summed E-state index contributed by atoms with van der Waals surface area (Å²) >= 11 is 5.80. The van der Waals surface area contributed by atoms with Crippen molar-refractivity contribution in [1.82, 2.24) is 9.55 Å². The van der Waals surface area contributed by atoms with E-state index >= 15 is 0 Å². The van der Waals surface area contributed by atoms with Crippen molar-refractivity contribution in [2.45, 2.75) is 19.4 Å². The van der Waals surface area contributed by atoms with Crippen molar-refractivity contribution < 1.29 is 9.90 Å². The zero-order chi connectivity index (χ0) is 13.0. The maximum absolute atomic E-state index is 10.9. The van der Waals surface area contributed by atoms with Gasteiger partial charge < -0.3 is 9.67 Å². The number of carbonyl (C=O) groups is 1. The fourth-order valence-corrected chi connectivity index (χ4v) is 1.91. The molecule has 0 radical (unpaired) electrons. The lowest BCUT2D eigenvalue weighted by Gasteiger charge is -2.05. The minimum Gasteiger partial charge on any atom is -0.477 e. The number of imidazole rings is 1. The Morgan fingerprint density at radius 2 is 2.06 bits per heavy atom. The van der Waals surface area contributed by atoms with E-state index in [9.17, 15) is 4.79 Å². The second kappa shape index (κ2) is 5.69. The number of halogens is 1. The van der Waals surface area contributed by atoms with Crippen LogP contribution in [0.2, 0.25) is 5.02 Å². The molecule has 1 N–H and O–H groups in total. The molecular weight excluding hydrogens is 252 g/mol. The summed E-state index contributed by atoms with van der Waals surface area (Å²) < 4.78 is 1.65. The molecule has 94 valence electrons. The Morgan fingerprint density at radius 1 is 1.33 bits per heavy atom. The molecule has 1 aromatic heterocycles. The number of benzene rings is 1. The number of carboxylic acids is 1. The van der Waals surface area contributed by atoms with Crippen LogP contribution in [0, 0.1) is 0 Å². The van der Waals surface area contributed by atoms with Crippen molar-refractivity contribution in [3.05, 3.63) is 53.1 Å². The van der Waals surface area contributed by atoms with Crippen molar-refractivity contribution in [3.63, 3.8) is 0 Å². The van der Waals surface area contributed by atoms with Crippen LogP contribution in [0.25, 0.3) is 0 Å². The molecule has 0 amide bonds. The van der Waals surface area contributed by atoms with Gasteiger partial charge in [0.2, 0.25) is 0 Å². The van der Waals surface area contributed by atoms with Crippen molar-refractivity contribution >= 4 is 17.6 Å². The lowest BCUT2D eigenvalue weighted by molar-refractivity contribution is 0.0685. The first-order valence-corrected chi connectivity index (χ1v) is 6.02. The summed E-state index contributed by atoms with van der Waals surface area (Å²) in [6.07, 6.45) is 4.66. The van der Waals surface area contributed by atoms with Crippen molar-refractivity contribution in [2.75, 3.05) is 0 Å². The Labute approximate surface area is 110 Å². The van der Waals surface area contributed by atoms with Gasteiger partial charge in [-0.05, 0) is 30.5 Å². The number of aryl methyl sites for hydroxylation is 2. The molecule has 18 heavy (non-hydrogen) atoms. The van der Waals surface area contributed by atoms with Gasteiger partial charge in [-0.2, -0.15) is 0 Å². The number of nitrogens with zero attached hydrogens (tertiary/aromatic N) is 2. The molecule has 0 fully saturated rings. The zero-order valence-corrected chi connectivity index (χ0v) is 10.5. The second-order valence-electron chi connectivity index (χ2n) is 4.01.